The van der Waals surface area contributed by atoms with Gasteiger partial charge in [0.05, 0.1) is 29.4 Å². The lowest BCUT2D eigenvalue weighted by Gasteiger charge is -2.08. The third-order valence-corrected chi connectivity index (χ3v) is 3.46. The van der Waals surface area contributed by atoms with E-state index in [1.54, 1.807) is 43.6 Å². The largest absolute Gasteiger partial charge is 0.416 e. The number of anilines is 1. The fraction of sp³-hybridized carbons (Fsp3) is 0.118. The molecule has 0 aliphatic carbocycles. The normalized spacial score (nSPS) is 12.0. The summed E-state index contributed by atoms with van der Waals surface area (Å²) in [6.45, 7) is 1.80. The Hall–Kier alpha value is -3.16. The molecule has 0 saturated carbocycles. The molecule has 0 atom stereocenters. The number of imidazole rings is 1. The van der Waals surface area contributed by atoms with Crippen LogP contribution < -0.4 is 5.73 Å². The molecule has 0 amide bonds. The number of hydrogen-bond acceptors (Lipinski definition) is 4. The first-order valence-corrected chi connectivity index (χ1v) is 7.32. The number of pyridine rings is 1. The Morgan fingerprint density at radius 1 is 1.16 bits per heavy atom. The van der Waals surface area contributed by atoms with Crippen LogP contribution in [0.1, 0.15) is 16.8 Å². The maximum absolute atomic E-state index is 12.8. The van der Waals surface area contributed by atoms with Crippen LogP contribution in [0.3, 0.4) is 0 Å². The SMILES string of the molecule is Cc1cn(N=Cc2ccc(-c3cc(C(F)(F)F)ccn3)cc2)c(N)n1. The molecule has 0 saturated heterocycles. The number of nitrogen functional groups attached to an aromatic ring is 1. The molecule has 0 aliphatic heterocycles. The fourth-order valence-electron chi connectivity index (χ4n) is 2.23. The molecule has 8 heteroatoms. The van der Waals surface area contributed by atoms with E-state index in [2.05, 4.69) is 15.1 Å². The Labute approximate surface area is 141 Å². The van der Waals surface area contributed by atoms with Crippen molar-refractivity contribution in [3.05, 3.63) is 65.6 Å². The smallest absolute Gasteiger partial charge is 0.368 e. The molecule has 0 aliphatic rings. The van der Waals surface area contributed by atoms with Crippen molar-refractivity contribution in [2.45, 2.75) is 13.1 Å². The van der Waals surface area contributed by atoms with Crippen molar-refractivity contribution in [3.63, 3.8) is 0 Å². The maximum Gasteiger partial charge on any atom is 0.416 e. The number of aromatic nitrogens is 3. The second-order valence-corrected chi connectivity index (χ2v) is 5.38. The first-order valence-electron chi connectivity index (χ1n) is 7.32. The molecule has 128 valence electrons. The van der Waals surface area contributed by atoms with Gasteiger partial charge in [-0.05, 0) is 24.6 Å². The van der Waals surface area contributed by atoms with E-state index in [1.165, 1.54) is 4.68 Å². The lowest BCUT2D eigenvalue weighted by atomic mass is 10.1. The summed E-state index contributed by atoms with van der Waals surface area (Å²) in [5, 5.41) is 4.19. The van der Waals surface area contributed by atoms with Crippen LogP contribution in [-0.2, 0) is 6.18 Å². The zero-order valence-electron chi connectivity index (χ0n) is 13.2. The summed E-state index contributed by atoms with van der Waals surface area (Å²) in [7, 11) is 0. The number of nitrogens with zero attached hydrogens (tertiary/aromatic N) is 4. The molecule has 2 N–H and O–H groups in total. The van der Waals surface area contributed by atoms with Gasteiger partial charge in [0, 0.05) is 11.8 Å². The van der Waals surface area contributed by atoms with Gasteiger partial charge >= 0.3 is 6.18 Å². The molecule has 5 nitrogen and oxygen atoms in total. The van der Waals surface area contributed by atoms with Gasteiger partial charge in [-0.1, -0.05) is 24.3 Å². The van der Waals surface area contributed by atoms with Crippen LogP contribution in [0.15, 0.2) is 53.9 Å². The summed E-state index contributed by atoms with van der Waals surface area (Å²) >= 11 is 0. The molecule has 25 heavy (non-hydrogen) atoms. The van der Waals surface area contributed by atoms with E-state index >= 15 is 0 Å². The number of rotatable bonds is 3. The summed E-state index contributed by atoms with van der Waals surface area (Å²) in [6, 6.07) is 8.82. The molecule has 0 bridgehead atoms. The molecule has 0 fully saturated rings. The fourth-order valence-corrected chi connectivity index (χ4v) is 2.23. The second kappa shape index (κ2) is 6.39. The number of nitrogens with two attached hydrogens (primary N) is 1. The summed E-state index contributed by atoms with van der Waals surface area (Å²) in [5.74, 6) is 0.276. The molecule has 0 radical (unpaired) electrons. The van der Waals surface area contributed by atoms with Crippen LogP contribution in [-0.4, -0.2) is 20.9 Å². The summed E-state index contributed by atoms with van der Waals surface area (Å²) in [4.78, 5) is 8.03. The third kappa shape index (κ3) is 3.85. The zero-order chi connectivity index (χ0) is 18.0. The lowest BCUT2D eigenvalue weighted by molar-refractivity contribution is -0.137. The van der Waals surface area contributed by atoms with Gasteiger partial charge in [-0.2, -0.15) is 18.3 Å². The van der Waals surface area contributed by atoms with Gasteiger partial charge in [0.25, 0.3) is 0 Å². The molecule has 2 aromatic heterocycles. The zero-order valence-corrected chi connectivity index (χ0v) is 13.2. The molecule has 2 heterocycles. The summed E-state index contributed by atoms with van der Waals surface area (Å²) in [5.41, 5.74) is 7.32. The molecular weight excluding hydrogens is 331 g/mol. The van der Waals surface area contributed by atoms with Crippen molar-refractivity contribution in [2.24, 2.45) is 5.10 Å². The van der Waals surface area contributed by atoms with Crippen LogP contribution in [0.2, 0.25) is 0 Å². The average molecular weight is 345 g/mol. The molecular formula is C17H14F3N5. The van der Waals surface area contributed by atoms with E-state index in [4.69, 9.17) is 5.73 Å². The minimum atomic E-state index is -4.40. The Morgan fingerprint density at radius 2 is 1.88 bits per heavy atom. The maximum atomic E-state index is 12.8. The summed E-state index contributed by atoms with van der Waals surface area (Å²) in [6.07, 6.45) is 0.0262. The molecule has 3 aromatic rings. The van der Waals surface area contributed by atoms with Gasteiger partial charge in [0.1, 0.15) is 0 Å². The van der Waals surface area contributed by atoms with Gasteiger partial charge in [-0.25, -0.2) is 9.66 Å². The highest BCUT2D eigenvalue weighted by atomic mass is 19.4. The van der Waals surface area contributed by atoms with Crippen molar-refractivity contribution in [2.75, 3.05) is 5.73 Å². The van der Waals surface area contributed by atoms with Crippen LogP contribution >= 0.6 is 0 Å². The highest BCUT2D eigenvalue weighted by molar-refractivity contribution is 5.80. The van der Waals surface area contributed by atoms with Crippen molar-refractivity contribution in [3.8, 4) is 11.3 Å². The highest BCUT2D eigenvalue weighted by Gasteiger charge is 2.30. The predicted octanol–water partition coefficient (Wildman–Crippen LogP) is 3.74. The van der Waals surface area contributed by atoms with Crippen molar-refractivity contribution in [1.29, 1.82) is 0 Å². The Morgan fingerprint density at radius 3 is 2.48 bits per heavy atom. The second-order valence-electron chi connectivity index (χ2n) is 5.38. The van der Waals surface area contributed by atoms with Crippen LogP contribution in [0.25, 0.3) is 11.3 Å². The van der Waals surface area contributed by atoms with Crippen molar-refractivity contribution >= 4 is 12.2 Å². The first-order chi connectivity index (χ1) is 11.8. The van der Waals surface area contributed by atoms with E-state index in [0.717, 1.165) is 29.6 Å². The standard InChI is InChI=1S/C17H14F3N5/c1-11-10-25(16(21)24-11)23-9-12-2-4-13(5-3-12)15-8-14(6-7-22-15)17(18,19)20/h2-10H,1H3,(H2,21,24). The predicted molar refractivity (Wildman–Crippen MR) is 89.0 cm³/mol. The van der Waals surface area contributed by atoms with Gasteiger partial charge in [0.2, 0.25) is 5.95 Å². The topological polar surface area (TPSA) is 69.1 Å². The molecule has 1 aromatic carbocycles. The Bertz CT molecular complexity index is 911. The summed E-state index contributed by atoms with van der Waals surface area (Å²) < 4.78 is 39.8. The van der Waals surface area contributed by atoms with Crippen molar-refractivity contribution < 1.29 is 13.2 Å². The van der Waals surface area contributed by atoms with Gasteiger partial charge in [-0.3, -0.25) is 4.98 Å². The van der Waals surface area contributed by atoms with Crippen molar-refractivity contribution in [1.82, 2.24) is 14.6 Å². The first kappa shape index (κ1) is 16.7. The van der Waals surface area contributed by atoms with Gasteiger partial charge in [-0.15, -0.1) is 0 Å². The van der Waals surface area contributed by atoms with Crippen LogP contribution in [0, 0.1) is 6.92 Å². The van der Waals surface area contributed by atoms with E-state index in [-0.39, 0.29) is 11.6 Å². The Kier molecular flexibility index (Phi) is 4.26. The van der Waals surface area contributed by atoms with Crippen LogP contribution in [0.5, 0.6) is 0 Å². The third-order valence-electron chi connectivity index (χ3n) is 3.46. The molecule has 0 spiro atoms. The Balaban J connectivity index is 1.82. The number of halogens is 3. The minimum absolute atomic E-state index is 0.257. The van der Waals surface area contributed by atoms with E-state index in [9.17, 15) is 13.2 Å². The number of aryl methyl sites for hydroxylation is 1. The molecule has 0 unspecified atom stereocenters. The monoisotopic (exact) mass is 345 g/mol. The van der Waals surface area contributed by atoms with Gasteiger partial charge < -0.3 is 5.73 Å². The van der Waals surface area contributed by atoms with E-state index < -0.39 is 11.7 Å². The molecule has 3 rings (SSSR count). The van der Waals surface area contributed by atoms with Crippen LogP contribution in [0.4, 0.5) is 19.1 Å². The minimum Gasteiger partial charge on any atom is -0.368 e. The highest BCUT2D eigenvalue weighted by Crippen LogP contribution is 2.31. The number of alkyl halides is 3. The van der Waals surface area contributed by atoms with Gasteiger partial charge in [0.15, 0.2) is 0 Å². The van der Waals surface area contributed by atoms with E-state index in [0.29, 0.717) is 5.56 Å². The quantitative estimate of drug-likeness (QED) is 0.735. The number of hydrogen-bond donors (Lipinski definition) is 1. The average Bonchev–Trinajstić information content (AvgIpc) is 2.90. The van der Waals surface area contributed by atoms with E-state index in [1.807, 2.05) is 0 Å². The number of benzene rings is 1. The lowest BCUT2D eigenvalue weighted by Crippen LogP contribution is -2.05.